The number of amides is 1. The number of sulfonamides is 2. The number of hydrogen-bond acceptors (Lipinski definition) is 7. The van der Waals surface area contributed by atoms with Crippen molar-refractivity contribution in [2.75, 3.05) is 40.8 Å². The van der Waals surface area contributed by atoms with Crippen LogP contribution in [0.3, 0.4) is 0 Å². The number of aliphatic hydroxyl groups excluding tert-OH is 1. The van der Waals surface area contributed by atoms with E-state index < -0.39 is 26.2 Å². The minimum Gasteiger partial charge on any atom is -0.392 e. The van der Waals surface area contributed by atoms with Crippen molar-refractivity contribution in [3.63, 3.8) is 0 Å². The molecule has 0 spiro atoms. The van der Waals surface area contributed by atoms with Gasteiger partial charge in [0.1, 0.15) is 0 Å². The van der Waals surface area contributed by atoms with Gasteiger partial charge in [-0.2, -0.15) is 0 Å². The fraction of sp³-hybridized carbons (Fsp3) is 0.435. The van der Waals surface area contributed by atoms with Crippen LogP contribution in [0, 0.1) is 0 Å². The van der Waals surface area contributed by atoms with Crippen LogP contribution in [-0.2, 0) is 31.3 Å². The van der Waals surface area contributed by atoms with Crippen molar-refractivity contribution < 1.29 is 26.7 Å². The van der Waals surface area contributed by atoms with Crippen LogP contribution in [0.25, 0.3) is 0 Å². The van der Waals surface area contributed by atoms with Crippen LogP contribution in [0.15, 0.2) is 58.3 Å². The average molecular weight is 525 g/mol. The number of carbonyl (C=O) groups excluding carboxylic acids is 1. The summed E-state index contributed by atoms with van der Waals surface area (Å²) >= 11 is 0. The molecular formula is C23H32N4O6S2. The zero-order valence-electron chi connectivity index (χ0n) is 20.0. The molecule has 0 aliphatic carbocycles. The van der Waals surface area contributed by atoms with E-state index in [1.165, 1.54) is 26.2 Å². The quantitative estimate of drug-likeness (QED) is 0.407. The lowest BCUT2D eigenvalue weighted by molar-refractivity contribution is -0.131. The van der Waals surface area contributed by atoms with E-state index in [-0.39, 0.29) is 33.7 Å². The average Bonchev–Trinajstić information content (AvgIpc) is 3.27. The Morgan fingerprint density at radius 3 is 2.31 bits per heavy atom. The van der Waals surface area contributed by atoms with Crippen LogP contribution >= 0.6 is 0 Å². The Balaban J connectivity index is 1.92. The van der Waals surface area contributed by atoms with Gasteiger partial charge < -0.3 is 10.0 Å². The highest BCUT2D eigenvalue weighted by molar-refractivity contribution is 7.90. The van der Waals surface area contributed by atoms with E-state index in [0.717, 1.165) is 18.2 Å². The van der Waals surface area contributed by atoms with Gasteiger partial charge in [-0.25, -0.2) is 26.3 Å². The first-order valence-corrected chi connectivity index (χ1v) is 14.2. The Labute approximate surface area is 207 Å². The molecule has 10 nitrogen and oxygen atoms in total. The van der Waals surface area contributed by atoms with Crippen LogP contribution in [0.2, 0.25) is 0 Å². The summed E-state index contributed by atoms with van der Waals surface area (Å²) in [5.41, 5.74) is 1.11. The maximum absolute atomic E-state index is 13.4. The van der Waals surface area contributed by atoms with E-state index in [2.05, 4.69) is 14.3 Å². The van der Waals surface area contributed by atoms with Gasteiger partial charge in [0.25, 0.3) is 0 Å². The number of likely N-dealkylation sites (N-methyl/N-ethyl adjacent to an activating group) is 1. The molecule has 3 rings (SSSR count). The Kier molecular flexibility index (Phi) is 8.67. The molecule has 1 aliphatic heterocycles. The van der Waals surface area contributed by atoms with Gasteiger partial charge in [0.05, 0.1) is 28.4 Å². The van der Waals surface area contributed by atoms with E-state index in [1.807, 2.05) is 30.3 Å². The Bertz CT molecular complexity index is 1250. The number of aliphatic hydroxyl groups is 1. The SMILES string of the molecule is CNS(=O)(=O)c1ccc(CC(=O)N(C)[C@H](CN2CC[C@H](O)C2)c2ccccc2)c(S(=O)(=O)NC)c1. The molecule has 192 valence electrons. The van der Waals surface area contributed by atoms with Gasteiger partial charge in [-0.1, -0.05) is 36.4 Å². The van der Waals surface area contributed by atoms with Crippen molar-refractivity contribution in [2.45, 2.75) is 34.8 Å². The molecule has 1 saturated heterocycles. The molecule has 1 fully saturated rings. The molecule has 1 heterocycles. The highest BCUT2D eigenvalue weighted by Gasteiger charge is 2.29. The first-order valence-electron chi connectivity index (χ1n) is 11.2. The molecule has 0 unspecified atom stereocenters. The van der Waals surface area contributed by atoms with Crippen molar-refractivity contribution in [3.8, 4) is 0 Å². The second-order valence-electron chi connectivity index (χ2n) is 8.49. The minimum atomic E-state index is -4.04. The van der Waals surface area contributed by atoms with E-state index in [9.17, 15) is 26.7 Å². The highest BCUT2D eigenvalue weighted by atomic mass is 32.2. The molecular weight excluding hydrogens is 492 g/mol. The lowest BCUT2D eigenvalue weighted by atomic mass is 10.0. The standard InChI is InChI=1S/C23H32N4O6S2/c1-24-34(30,31)20-10-9-18(22(14-20)35(32,33)25-2)13-23(29)26(3)21(17-7-5-4-6-8-17)16-27-12-11-19(28)15-27/h4-10,14,19,21,24-25,28H,11-13,15-16H2,1-3H3/t19-,21+/m0/s1. The Morgan fingerprint density at radius 2 is 1.74 bits per heavy atom. The maximum Gasteiger partial charge on any atom is 0.240 e. The predicted molar refractivity (Wildman–Crippen MR) is 132 cm³/mol. The van der Waals surface area contributed by atoms with Crippen LogP contribution in [-0.4, -0.2) is 84.5 Å². The van der Waals surface area contributed by atoms with Crippen molar-refractivity contribution >= 4 is 26.0 Å². The molecule has 2 aromatic carbocycles. The summed E-state index contributed by atoms with van der Waals surface area (Å²) in [5.74, 6) is -0.324. The van der Waals surface area contributed by atoms with Crippen molar-refractivity contribution in [1.29, 1.82) is 0 Å². The van der Waals surface area contributed by atoms with Gasteiger partial charge >= 0.3 is 0 Å². The maximum atomic E-state index is 13.4. The van der Waals surface area contributed by atoms with E-state index in [1.54, 1.807) is 11.9 Å². The van der Waals surface area contributed by atoms with Crippen LogP contribution in [0.1, 0.15) is 23.6 Å². The van der Waals surface area contributed by atoms with Gasteiger partial charge in [-0.15, -0.1) is 0 Å². The van der Waals surface area contributed by atoms with Gasteiger partial charge in [0.15, 0.2) is 0 Å². The fourth-order valence-corrected chi connectivity index (χ4v) is 5.95. The molecule has 0 bridgehead atoms. The molecule has 35 heavy (non-hydrogen) atoms. The summed E-state index contributed by atoms with van der Waals surface area (Å²) < 4.78 is 54.2. The smallest absolute Gasteiger partial charge is 0.240 e. The van der Waals surface area contributed by atoms with Crippen molar-refractivity contribution in [1.82, 2.24) is 19.2 Å². The highest BCUT2D eigenvalue weighted by Crippen LogP contribution is 2.26. The van der Waals surface area contributed by atoms with Crippen molar-refractivity contribution in [3.05, 3.63) is 59.7 Å². The zero-order valence-corrected chi connectivity index (χ0v) is 21.6. The third-order valence-electron chi connectivity index (χ3n) is 6.24. The second kappa shape index (κ2) is 11.1. The summed E-state index contributed by atoms with van der Waals surface area (Å²) in [4.78, 5) is 16.6. The van der Waals surface area contributed by atoms with Crippen LogP contribution in [0.5, 0.6) is 0 Å². The Morgan fingerprint density at radius 1 is 1.09 bits per heavy atom. The van der Waals surface area contributed by atoms with E-state index >= 15 is 0 Å². The van der Waals surface area contributed by atoms with Gasteiger partial charge in [-0.3, -0.25) is 9.69 Å². The lowest BCUT2D eigenvalue weighted by Crippen LogP contribution is -2.39. The molecule has 1 aliphatic rings. The molecule has 0 radical (unpaired) electrons. The predicted octanol–water partition coefficient (Wildman–Crippen LogP) is 0.312. The lowest BCUT2D eigenvalue weighted by Gasteiger charge is -2.32. The first kappa shape index (κ1) is 27.2. The number of rotatable bonds is 10. The summed E-state index contributed by atoms with van der Waals surface area (Å²) in [6.45, 7) is 1.76. The second-order valence-corrected chi connectivity index (χ2v) is 12.2. The topological polar surface area (TPSA) is 136 Å². The van der Waals surface area contributed by atoms with Gasteiger partial charge in [0.2, 0.25) is 26.0 Å². The van der Waals surface area contributed by atoms with Crippen LogP contribution in [0.4, 0.5) is 0 Å². The zero-order chi connectivity index (χ0) is 25.8. The third-order valence-corrected chi connectivity index (χ3v) is 9.15. The number of nitrogens with one attached hydrogen (secondary N) is 2. The number of hydrogen-bond donors (Lipinski definition) is 3. The molecule has 1 amide bonds. The molecule has 0 saturated carbocycles. The molecule has 2 atom stereocenters. The summed E-state index contributed by atoms with van der Waals surface area (Å²) in [6.07, 6.45) is 0.0411. The summed E-state index contributed by atoms with van der Waals surface area (Å²) in [6, 6.07) is 12.9. The number of β-amino-alcohol motifs (C(OH)–C–C–N with tert-alkyl or cyclic N) is 1. The molecule has 2 aromatic rings. The molecule has 3 N–H and O–H groups in total. The summed E-state index contributed by atoms with van der Waals surface area (Å²) in [7, 11) is -3.80. The minimum absolute atomic E-state index is 0.189. The van der Waals surface area contributed by atoms with E-state index in [0.29, 0.717) is 19.5 Å². The number of nitrogens with zero attached hydrogens (tertiary/aromatic N) is 2. The number of likely N-dealkylation sites (tertiary alicyclic amines) is 1. The Hall–Kier alpha value is -2.35. The monoisotopic (exact) mass is 524 g/mol. The van der Waals surface area contributed by atoms with E-state index in [4.69, 9.17) is 0 Å². The molecule has 0 aromatic heterocycles. The fourth-order valence-electron chi connectivity index (χ4n) is 4.14. The molecule has 12 heteroatoms. The normalized spacial score (nSPS) is 17.9. The third kappa shape index (κ3) is 6.46. The van der Waals surface area contributed by atoms with Gasteiger partial charge in [-0.05, 0) is 43.8 Å². The van der Waals surface area contributed by atoms with Crippen molar-refractivity contribution in [2.24, 2.45) is 0 Å². The number of benzene rings is 2. The number of carbonyl (C=O) groups is 1. The van der Waals surface area contributed by atoms with Gasteiger partial charge in [0, 0.05) is 26.7 Å². The van der Waals surface area contributed by atoms with Crippen LogP contribution < -0.4 is 9.44 Å². The largest absolute Gasteiger partial charge is 0.392 e. The summed E-state index contributed by atoms with van der Waals surface area (Å²) in [5, 5.41) is 9.92. The first-order chi connectivity index (χ1) is 16.5.